The van der Waals surface area contributed by atoms with Crippen molar-refractivity contribution in [3.05, 3.63) is 0 Å². The molecule has 0 saturated heterocycles. The first-order valence-electron chi connectivity index (χ1n) is 6.77. The number of carbonyl (C=O) groups excluding carboxylic acids is 1. The molecule has 0 aliphatic heterocycles. The molecule has 0 radical (unpaired) electrons. The average Bonchev–Trinajstić information content (AvgIpc) is 2.74. The van der Waals surface area contributed by atoms with Crippen molar-refractivity contribution in [2.24, 2.45) is 5.92 Å². The quantitative estimate of drug-likeness (QED) is 0.694. The van der Waals surface area contributed by atoms with Crippen LogP contribution in [0.2, 0.25) is 0 Å². The van der Waals surface area contributed by atoms with Gasteiger partial charge in [-0.1, -0.05) is 20.3 Å². The highest BCUT2D eigenvalue weighted by molar-refractivity contribution is 7.99. The normalized spacial score (nSPS) is 25.2. The van der Waals surface area contributed by atoms with Crippen molar-refractivity contribution in [1.82, 2.24) is 10.6 Å². The number of thioether (sulfide) groups is 1. The van der Waals surface area contributed by atoms with Gasteiger partial charge in [0.15, 0.2) is 0 Å². The van der Waals surface area contributed by atoms with E-state index in [9.17, 15) is 9.90 Å². The molecule has 2 amide bonds. The summed E-state index contributed by atoms with van der Waals surface area (Å²) in [6.07, 6.45) is 6.33. The number of hydrogen-bond acceptors (Lipinski definition) is 3. The first kappa shape index (κ1) is 15.6. The van der Waals surface area contributed by atoms with Gasteiger partial charge < -0.3 is 15.7 Å². The molecular formula is C13H26N2O2S. The monoisotopic (exact) mass is 274 g/mol. The molecule has 1 fully saturated rings. The summed E-state index contributed by atoms with van der Waals surface area (Å²) in [6.45, 7) is 4.17. The molecule has 0 aromatic rings. The number of hydrogen-bond donors (Lipinski definition) is 3. The van der Waals surface area contributed by atoms with Crippen LogP contribution in [0.3, 0.4) is 0 Å². The van der Waals surface area contributed by atoms with Crippen LogP contribution in [0.25, 0.3) is 0 Å². The fraction of sp³-hybridized carbons (Fsp3) is 0.923. The standard InChI is InChI=1S/C13H26N2O2S/c1-9(2)7-10(8-16)14-13(17)15-11-5-4-6-12(11)18-3/h9-12,16H,4-8H2,1-3H3,(H2,14,15,17)/t10-,11+,12-/m1/s1. The van der Waals surface area contributed by atoms with E-state index in [1.165, 1.54) is 12.8 Å². The smallest absolute Gasteiger partial charge is 0.315 e. The second-order valence-corrected chi connectivity index (χ2v) is 6.52. The largest absolute Gasteiger partial charge is 0.394 e. The van der Waals surface area contributed by atoms with Crippen LogP contribution in [-0.2, 0) is 0 Å². The number of aliphatic hydroxyl groups excluding tert-OH is 1. The van der Waals surface area contributed by atoms with Crippen molar-refractivity contribution in [3.8, 4) is 0 Å². The molecule has 0 bridgehead atoms. The zero-order chi connectivity index (χ0) is 13.5. The van der Waals surface area contributed by atoms with Crippen molar-refractivity contribution >= 4 is 17.8 Å². The Hall–Kier alpha value is -0.420. The molecule has 1 aliphatic carbocycles. The molecule has 0 spiro atoms. The Morgan fingerprint density at radius 1 is 1.44 bits per heavy atom. The molecule has 1 aliphatic rings. The predicted octanol–water partition coefficient (Wildman–Crippen LogP) is 1.98. The summed E-state index contributed by atoms with van der Waals surface area (Å²) < 4.78 is 0. The van der Waals surface area contributed by atoms with Crippen molar-refractivity contribution in [3.63, 3.8) is 0 Å². The molecule has 106 valence electrons. The molecule has 1 rings (SSSR count). The minimum atomic E-state index is -0.140. The Balaban J connectivity index is 2.35. The maximum atomic E-state index is 11.9. The van der Waals surface area contributed by atoms with Gasteiger partial charge in [0.1, 0.15) is 0 Å². The van der Waals surface area contributed by atoms with Gasteiger partial charge in [-0.15, -0.1) is 0 Å². The van der Waals surface area contributed by atoms with E-state index in [-0.39, 0.29) is 24.7 Å². The molecule has 5 heteroatoms. The lowest BCUT2D eigenvalue weighted by atomic mass is 10.0. The molecule has 0 aromatic carbocycles. The van der Waals surface area contributed by atoms with Crippen molar-refractivity contribution in [2.45, 2.75) is 56.9 Å². The second kappa shape index (κ2) is 7.89. The Bertz CT molecular complexity index is 261. The fourth-order valence-electron chi connectivity index (χ4n) is 2.52. The van der Waals surface area contributed by atoms with E-state index in [1.54, 1.807) is 0 Å². The Labute approximate surface area is 114 Å². The van der Waals surface area contributed by atoms with Crippen molar-refractivity contribution < 1.29 is 9.90 Å². The van der Waals surface area contributed by atoms with Gasteiger partial charge in [-0.05, 0) is 31.4 Å². The maximum Gasteiger partial charge on any atom is 0.315 e. The summed E-state index contributed by atoms with van der Waals surface area (Å²) in [5.41, 5.74) is 0. The minimum Gasteiger partial charge on any atom is -0.394 e. The van der Waals surface area contributed by atoms with Gasteiger partial charge in [0.25, 0.3) is 0 Å². The van der Waals surface area contributed by atoms with E-state index in [4.69, 9.17) is 0 Å². The van der Waals surface area contributed by atoms with Gasteiger partial charge in [0.2, 0.25) is 0 Å². The molecule has 3 atom stereocenters. The number of urea groups is 1. The van der Waals surface area contributed by atoms with E-state index in [2.05, 4.69) is 30.7 Å². The summed E-state index contributed by atoms with van der Waals surface area (Å²) in [6, 6.07) is -0.00169. The third-order valence-corrected chi connectivity index (χ3v) is 4.55. The van der Waals surface area contributed by atoms with E-state index in [1.807, 2.05) is 11.8 Å². The van der Waals surface area contributed by atoms with E-state index in [0.29, 0.717) is 11.2 Å². The highest BCUT2D eigenvalue weighted by atomic mass is 32.2. The van der Waals surface area contributed by atoms with Crippen LogP contribution in [0.4, 0.5) is 4.79 Å². The van der Waals surface area contributed by atoms with Gasteiger partial charge in [0, 0.05) is 11.3 Å². The van der Waals surface area contributed by atoms with Crippen LogP contribution in [0.5, 0.6) is 0 Å². The van der Waals surface area contributed by atoms with E-state index < -0.39 is 0 Å². The van der Waals surface area contributed by atoms with E-state index >= 15 is 0 Å². The minimum absolute atomic E-state index is 0.00221. The second-order valence-electron chi connectivity index (χ2n) is 5.44. The first-order valence-corrected chi connectivity index (χ1v) is 8.06. The summed E-state index contributed by atoms with van der Waals surface area (Å²) in [5.74, 6) is 0.466. The van der Waals surface area contributed by atoms with Crippen LogP contribution in [-0.4, -0.2) is 41.3 Å². The van der Waals surface area contributed by atoms with Crippen LogP contribution >= 0.6 is 11.8 Å². The highest BCUT2D eigenvalue weighted by Gasteiger charge is 2.28. The third-order valence-electron chi connectivity index (χ3n) is 3.38. The lowest BCUT2D eigenvalue weighted by Gasteiger charge is -2.23. The molecule has 0 aromatic heterocycles. The number of amides is 2. The third kappa shape index (κ3) is 5.06. The Morgan fingerprint density at radius 3 is 2.72 bits per heavy atom. The summed E-state index contributed by atoms with van der Waals surface area (Å²) in [4.78, 5) is 11.9. The predicted molar refractivity (Wildman–Crippen MR) is 76.9 cm³/mol. The molecule has 18 heavy (non-hydrogen) atoms. The van der Waals surface area contributed by atoms with Crippen LogP contribution in [0.1, 0.15) is 39.5 Å². The lowest BCUT2D eigenvalue weighted by Crippen LogP contribution is -2.49. The van der Waals surface area contributed by atoms with Gasteiger partial charge >= 0.3 is 6.03 Å². The fourth-order valence-corrected chi connectivity index (χ4v) is 3.45. The average molecular weight is 274 g/mol. The molecule has 0 heterocycles. The van der Waals surface area contributed by atoms with Crippen LogP contribution < -0.4 is 10.6 Å². The summed E-state index contributed by atoms with van der Waals surface area (Å²) >= 11 is 1.83. The topological polar surface area (TPSA) is 61.4 Å². The highest BCUT2D eigenvalue weighted by Crippen LogP contribution is 2.28. The molecule has 1 saturated carbocycles. The van der Waals surface area contributed by atoms with Gasteiger partial charge in [-0.25, -0.2) is 4.79 Å². The van der Waals surface area contributed by atoms with Gasteiger partial charge in [-0.2, -0.15) is 11.8 Å². The molecular weight excluding hydrogens is 248 g/mol. The Kier molecular flexibility index (Phi) is 6.86. The zero-order valence-electron chi connectivity index (χ0n) is 11.6. The summed E-state index contributed by atoms with van der Waals surface area (Å²) in [7, 11) is 0. The van der Waals surface area contributed by atoms with Crippen LogP contribution in [0.15, 0.2) is 0 Å². The van der Waals surface area contributed by atoms with Crippen molar-refractivity contribution in [2.75, 3.05) is 12.9 Å². The summed E-state index contributed by atoms with van der Waals surface area (Å²) in [5, 5.41) is 15.7. The van der Waals surface area contributed by atoms with Gasteiger partial charge in [-0.3, -0.25) is 0 Å². The number of nitrogens with one attached hydrogen (secondary N) is 2. The molecule has 4 nitrogen and oxygen atoms in total. The first-order chi connectivity index (χ1) is 8.56. The SMILES string of the molecule is CS[C@@H]1CCC[C@@H]1NC(=O)N[C@@H](CO)CC(C)C. The number of aliphatic hydroxyl groups is 1. The molecule has 3 N–H and O–H groups in total. The lowest BCUT2D eigenvalue weighted by molar-refractivity contribution is 0.205. The van der Waals surface area contributed by atoms with Crippen LogP contribution in [0, 0.1) is 5.92 Å². The van der Waals surface area contributed by atoms with E-state index in [0.717, 1.165) is 12.8 Å². The van der Waals surface area contributed by atoms with Crippen molar-refractivity contribution in [1.29, 1.82) is 0 Å². The Morgan fingerprint density at radius 2 is 2.17 bits per heavy atom. The zero-order valence-corrected chi connectivity index (χ0v) is 12.4. The van der Waals surface area contributed by atoms with Gasteiger partial charge in [0.05, 0.1) is 12.6 Å². The number of carbonyl (C=O) groups is 1. The number of rotatable bonds is 6. The molecule has 0 unspecified atom stereocenters. The maximum absolute atomic E-state index is 11.9.